The van der Waals surface area contributed by atoms with Crippen LogP contribution in [0.25, 0.3) is 0 Å². The van der Waals surface area contributed by atoms with E-state index >= 15 is 0 Å². The van der Waals surface area contributed by atoms with Crippen LogP contribution in [0.3, 0.4) is 0 Å². The average Bonchev–Trinajstić information content (AvgIpc) is 1.25. The molecule has 0 saturated carbocycles. The fourth-order valence-electron chi connectivity index (χ4n) is 0. The Kier molecular flexibility index (Phi) is 36.0. The van der Waals surface area contributed by atoms with Crippen molar-refractivity contribution in [2.45, 2.75) is 0 Å². The summed E-state index contributed by atoms with van der Waals surface area (Å²) in [5.74, 6) is 0. The Hall–Kier alpha value is -0.877. The van der Waals surface area contributed by atoms with Crippen molar-refractivity contribution in [3.8, 4) is 0 Å². The van der Waals surface area contributed by atoms with Crippen molar-refractivity contribution in [2.75, 3.05) is 0 Å². The van der Waals surface area contributed by atoms with Crippen molar-refractivity contribution >= 4 is 12.3 Å². The van der Waals surface area contributed by atoms with E-state index in [0.29, 0.717) is 0 Å². The molecule has 7 nitrogen and oxygen atoms in total. The molecule has 0 rings (SSSR count). The van der Waals surface area contributed by atoms with Crippen LogP contribution in [0.4, 0.5) is 9.59 Å². The van der Waals surface area contributed by atoms with Gasteiger partial charge >= 0.3 is 19.5 Å². The quantitative estimate of drug-likeness (QED) is 0.383. The van der Waals surface area contributed by atoms with Gasteiger partial charge in [-0.3, -0.25) is 0 Å². The van der Waals surface area contributed by atoms with Gasteiger partial charge in [-0.1, -0.05) is 0 Å². The second kappa shape index (κ2) is 15.7. The summed E-state index contributed by atoms with van der Waals surface area (Å²) in [6.07, 6.45) is -4.17. The first-order chi connectivity index (χ1) is 3.46. The maximum absolute atomic E-state index is 8.44. The molecule has 0 atom stereocenters. The Bertz CT molecular complexity index is 73.7. The smallest absolute Gasteiger partial charge is 0.565 e. The minimum absolute atomic E-state index is 0. The Morgan fingerprint density at radius 1 is 1.00 bits per heavy atom. The van der Waals surface area contributed by atoms with Gasteiger partial charge in [0.1, 0.15) is 0 Å². The Morgan fingerprint density at radius 3 is 1.00 bits per heavy atom. The maximum Gasteiger partial charge on any atom is 2.00 e. The summed E-state index contributed by atoms with van der Waals surface area (Å²) in [7, 11) is 0. The molecule has 5 N–H and O–H groups in total. The van der Waals surface area contributed by atoms with Crippen molar-refractivity contribution in [3.63, 3.8) is 0 Å². The minimum Gasteiger partial charge on any atom is -0.565 e. The first kappa shape index (κ1) is 22.9. The first-order valence-electron chi connectivity index (χ1n) is 1.26. The molecule has 0 aromatic rings. The third-order valence-electron chi connectivity index (χ3n) is 0. The van der Waals surface area contributed by atoms with Gasteiger partial charge in [-0.25, -0.2) is 0 Å². The number of hydrogen-bond donors (Lipinski definition) is 3. The predicted octanol–water partition coefficient (Wildman–Crippen LogP) is -2.07. The van der Waals surface area contributed by atoms with E-state index in [9.17, 15) is 0 Å². The van der Waals surface area contributed by atoms with Crippen LogP contribution in [0, 0.1) is 0 Å². The van der Waals surface area contributed by atoms with E-state index in [-0.39, 0.29) is 25.6 Å². The van der Waals surface area contributed by atoms with Gasteiger partial charge in [0.15, 0.2) is 0 Å². The van der Waals surface area contributed by atoms with E-state index in [2.05, 4.69) is 0 Å². The van der Waals surface area contributed by atoms with Crippen LogP contribution in [0.5, 0.6) is 0 Å². The zero-order chi connectivity index (χ0) is 7.15. The molecule has 0 heterocycles. The van der Waals surface area contributed by atoms with Crippen molar-refractivity contribution in [3.05, 3.63) is 0 Å². The molecule has 0 aliphatic carbocycles. The van der Waals surface area contributed by atoms with Gasteiger partial charge in [0.25, 0.3) is 0 Å². The van der Waals surface area contributed by atoms with Crippen molar-refractivity contribution < 1.29 is 49.5 Å². The van der Waals surface area contributed by atoms with Gasteiger partial charge in [0.2, 0.25) is 12.3 Å². The van der Waals surface area contributed by atoms with E-state index in [1.165, 1.54) is 0 Å². The molecule has 0 aliphatic rings. The molecule has 0 aromatic carbocycles. The van der Waals surface area contributed by atoms with Crippen LogP contribution in [-0.4, -0.2) is 22.5 Å². The van der Waals surface area contributed by atoms with Crippen molar-refractivity contribution in [1.82, 2.24) is 6.15 Å². The zero-order valence-electron chi connectivity index (χ0n) is 4.94. The average molecular weight is 204 g/mol. The second-order valence-electron chi connectivity index (χ2n) is 0.532. The van der Waals surface area contributed by atoms with Crippen molar-refractivity contribution in [1.29, 1.82) is 0 Å². The van der Waals surface area contributed by atoms with E-state index < -0.39 is 12.3 Å². The molecule has 0 aliphatic heterocycles. The van der Waals surface area contributed by atoms with E-state index in [1.807, 2.05) is 0 Å². The van der Waals surface area contributed by atoms with Crippen molar-refractivity contribution in [2.24, 2.45) is 0 Å². The molecular weight excluding hydrogens is 199 g/mol. The molecule has 0 bridgehead atoms. The van der Waals surface area contributed by atoms with Crippen LogP contribution in [0.1, 0.15) is 0 Å². The topological polar surface area (TPSA) is 156 Å². The van der Waals surface area contributed by atoms with Crippen LogP contribution < -0.4 is 16.4 Å². The summed E-state index contributed by atoms with van der Waals surface area (Å²) in [5, 5.41) is 30.6. The summed E-state index contributed by atoms with van der Waals surface area (Å²) in [4.78, 5) is 16.9. The zero-order valence-corrected chi connectivity index (χ0v) is 7.91. The van der Waals surface area contributed by atoms with Crippen LogP contribution in [0.2, 0.25) is 0 Å². The molecule has 0 aromatic heterocycles. The summed E-state index contributed by atoms with van der Waals surface area (Å²) in [6.45, 7) is 0. The second-order valence-corrected chi connectivity index (χ2v) is 0.532. The van der Waals surface area contributed by atoms with Gasteiger partial charge in [0.05, 0.1) is 0 Å². The number of carbonyl (C=O) groups is 2. The normalized spacial score (nSPS) is 4.80. The standard InChI is InChI=1S/2CH2O3.H3N.Zn/c2*2-1(3)4;;/h2*(H2,2,3,4);1H3;/q;;;+2/p-2. The summed E-state index contributed by atoms with van der Waals surface area (Å²) in [5.41, 5.74) is 0. The first-order valence-corrected chi connectivity index (χ1v) is 1.26. The fourth-order valence-corrected chi connectivity index (χ4v) is 0. The molecule has 10 heavy (non-hydrogen) atoms. The molecular formula is C2H5NO6Zn. The molecule has 0 saturated heterocycles. The Labute approximate surface area is 68.6 Å². The molecule has 8 heteroatoms. The van der Waals surface area contributed by atoms with Gasteiger partial charge in [-0.05, 0) is 0 Å². The molecule has 0 radical (unpaired) electrons. The maximum atomic E-state index is 8.44. The van der Waals surface area contributed by atoms with Crippen LogP contribution in [-0.2, 0) is 19.5 Å². The largest absolute Gasteiger partial charge is 2.00 e. The number of carboxylic acid groups (broad SMARTS) is 4. The fraction of sp³-hybridized carbons (Fsp3) is 0. The Balaban J connectivity index is -0.0000000300. The van der Waals surface area contributed by atoms with E-state index in [1.54, 1.807) is 0 Å². The van der Waals surface area contributed by atoms with Gasteiger partial charge in [-0.2, -0.15) is 0 Å². The molecule has 0 unspecified atom stereocenters. The summed E-state index contributed by atoms with van der Waals surface area (Å²) < 4.78 is 0. The minimum atomic E-state index is -2.08. The SMILES string of the molecule is N.O=C([O-])O.O=C([O-])O.[Zn+2]. The third kappa shape index (κ3) is 348. The van der Waals surface area contributed by atoms with Crippen LogP contribution >= 0.6 is 0 Å². The molecule has 56 valence electrons. The summed E-state index contributed by atoms with van der Waals surface area (Å²) in [6, 6.07) is 0. The number of hydrogen-bond acceptors (Lipinski definition) is 5. The summed E-state index contributed by atoms with van der Waals surface area (Å²) >= 11 is 0. The van der Waals surface area contributed by atoms with Gasteiger partial charge in [0, 0.05) is 0 Å². The van der Waals surface area contributed by atoms with Gasteiger partial charge < -0.3 is 36.2 Å². The van der Waals surface area contributed by atoms with Gasteiger partial charge in [-0.15, -0.1) is 0 Å². The van der Waals surface area contributed by atoms with Crippen LogP contribution in [0.15, 0.2) is 0 Å². The monoisotopic (exact) mass is 203 g/mol. The predicted molar refractivity (Wildman–Crippen MR) is 21.1 cm³/mol. The van der Waals surface area contributed by atoms with E-state index in [0.717, 1.165) is 0 Å². The Morgan fingerprint density at radius 2 is 1.00 bits per heavy atom. The molecule has 0 spiro atoms. The third-order valence-corrected chi connectivity index (χ3v) is 0. The number of rotatable bonds is 0. The molecule has 0 fully saturated rings. The molecule has 0 amide bonds. The van der Waals surface area contributed by atoms with E-state index in [4.69, 9.17) is 30.0 Å².